The van der Waals surface area contributed by atoms with E-state index in [1.807, 2.05) is 20.0 Å². The smallest absolute Gasteiger partial charge is 0.226 e. The lowest BCUT2D eigenvalue weighted by molar-refractivity contribution is -0.128. The molecule has 0 aromatic heterocycles. The summed E-state index contributed by atoms with van der Waals surface area (Å²) in [6.07, 6.45) is 7.85. The van der Waals surface area contributed by atoms with Crippen LogP contribution in [-0.2, 0) is 4.79 Å². The second kappa shape index (κ2) is 6.37. The second-order valence-electron chi connectivity index (χ2n) is 4.91. The number of nitrogens with zero attached hydrogens (tertiary/aromatic N) is 1. The molecule has 2 heteroatoms. The Balaban J connectivity index is 2.17. The van der Waals surface area contributed by atoms with Gasteiger partial charge in [0.1, 0.15) is 0 Å². The van der Waals surface area contributed by atoms with Crippen molar-refractivity contribution < 1.29 is 4.79 Å². The molecule has 1 aromatic rings. The first-order valence-electron chi connectivity index (χ1n) is 6.95. The minimum atomic E-state index is 0.194. The summed E-state index contributed by atoms with van der Waals surface area (Å²) in [5.74, 6) is 0.194. The fourth-order valence-electron chi connectivity index (χ4n) is 2.32. The Morgan fingerprint density at radius 1 is 1.26 bits per heavy atom. The summed E-state index contributed by atoms with van der Waals surface area (Å²) in [6.45, 7) is 2.03. The van der Waals surface area contributed by atoms with Crippen LogP contribution in [0.25, 0.3) is 5.57 Å². The summed E-state index contributed by atoms with van der Waals surface area (Å²) in [5.41, 5.74) is 3.60. The Morgan fingerprint density at radius 2 is 2.00 bits per heavy atom. The van der Waals surface area contributed by atoms with Gasteiger partial charge in [-0.1, -0.05) is 43.3 Å². The van der Waals surface area contributed by atoms with Crippen molar-refractivity contribution in [3.8, 4) is 0 Å². The number of rotatable bonds is 4. The molecule has 0 fully saturated rings. The van der Waals surface area contributed by atoms with Crippen LogP contribution in [0.1, 0.15) is 38.2 Å². The molecule has 2 nitrogen and oxygen atoms in total. The monoisotopic (exact) mass is 255 g/mol. The lowest BCUT2D eigenvalue weighted by Gasteiger charge is -2.22. The van der Waals surface area contributed by atoms with Crippen LogP contribution in [0.4, 0.5) is 0 Å². The van der Waals surface area contributed by atoms with E-state index in [0.717, 1.165) is 25.0 Å². The van der Waals surface area contributed by atoms with E-state index in [9.17, 15) is 4.79 Å². The number of carbonyl (C=O) groups is 1. The van der Waals surface area contributed by atoms with Gasteiger partial charge in [0.05, 0.1) is 0 Å². The molecule has 100 valence electrons. The van der Waals surface area contributed by atoms with Crippen molar-refractivity contribution in [2.45, 2.75) is 32.6 Å². The van der Waals surface area contributed by atoms with Crippen LogP contribution >= 0.6 is 0 Å². The third-order valence-corrected chi connectivity index (χ3v) is 3.46. The van der Waals surface area contributed by atoms with E-state index in [1.165, 1.54) is 11.1 Å². The molecule has 0 N–H and O–H groups in total. The van der Waals surface area contributed by atoms with Crippen LogP contribution in [0.3, 0.4) is 0 Å². The zero-order chi connectivity index (χ0) is 13.7. The molecule has 1 aliphatic carbocycles. The van der Waals surface area contributed by atoms with Gasteiger partial charge in [0.2, 0.25) is 5.91 Å². The summed E-state index contributed by atoms with van der Waals surface area (Å²) >= 11 is 0. The predicted molar refractivity (Wildman–Crippen MR) is 79.4 cm³/mol. The summed E-state index contributed by atoms with van der Waals surface area (Å²) in [4.78, 5) is 13.7. The van der Waals surface area contributed by atoms with E-state index >= 15 is 0 Å². The summed E-state index contributed by atoms with van der Waals surface area (Å²) in [7, 11) is 1.87. The minimum absolute atomic E-state index is 0.194. The molecule has 0 heterocycles. The molecule has 0 aliphatic heterocycles. The van der Waals surface area contributed by atoms with Crippen molar-refractivity contribution in [1.82, 2.24) is 4.90 Å². The molecule has 0 bridgehead atoms. The first-order valence-corrected chi connectivity index (χ1v) is 6.95. The van der Waals surface area contributed by atoms with Gasteiger partial charge in [0.25, 0.3) is 0 Å². The van der Waals surface area contributed by atoms with Crippen LogP contribution in [0.2, 0.25) is 0 Å². The third-order valence-electron chi connectivity index (χ3n) is 3.46. The third kappa shape index (κ3) is 3.34. The molecule has 0 atom stereocenters. The number of likely N-dealkylation sites (N-methyl/N-ethyl adjacent to an activating group) is 1. The number of benzene rings is 1. The maximum Gasteiger partial charge on any atom is 0.226 e. The van der Waals surface area contributed by atoms with Gasteiger partial charge in [-0.3, -0.25) is 4.79 Å². The highest BCUT2D eigenvalue weighted by Crippen LogP contribution is 2.27. The number of amides is 1. The zero-order valence-electron chi connectivity index (χ0n) is 11.7. The topological polar surface area (TPSA) is 20.3 Å². The molecule has 0 unspecified atom stereocenters. The van der Waals surface area contributed by atoms with Crippen molar-refractivity contribution in [3.63, 3.8) is 0 Å². The van der Waals surface area contributed by atoms with Crippen LogP contribution in [0.5, 0.6) is 0 Å². The van der Waals surface area contributed by atoms with E-state index in [4.69, 9.17) is 0 Å². The van der Waals surface area contributed by atoms with Gasteiger partial charge in [0.15, 0.2) is 0 Å². The van der Waals surface area contributed by atoms with Crippen LogP contribution in [0, 0.1) is 0 Å². The predicted octanol–water partition coefficient (Wildman–Crippen LogP) is 4.01. The molecule has 0 saturated carbocycles. The minimum Gasteiger partial charge on any atom is -0.316 e. The Hall–Kier alpha value is -1.83. The molecule has 0 radical (unpaired) electrons. The van der Waals surface area contributed by atoms with Crippen molar-refractivity contribution in [1.29, 1.82) is 0 Å². The van der Waals surface area contributed by atoms with E-state index < -0.39 is 0 Å². The van der Waals surface area contributed by atoms with Crippen LogP contribution < -0.4 is 0 Å². The van der Waals surface area contributed by atoms with Crippen LogP contribution in [0.15, 0.2) is 48.2 Å². The fourth-order valence-corrected chi connectivity index (χ4v) is 2.32. The number of hydrogen-bond acceptors (Lipinski definition) is 1. The van der Waals surface area contributed by atoms with Gasteiger partial charge < -0.3 is 4.90 Å². The van der Waals surface area contributed by atoms with E-state index in [1.54, 1.807) is 4.90 Å². The highest BCUT2D eigenvalue weighted by molar-refractivity contribution is 5.80. The lowest BCUT2D eigenvalue weighted by Crippen LogP contribution is -2.25. The summed E-state index contributed by atoms with van der Waals surface area (Å²) in [5, 5.41) is 0. The standard InChI is InChI=1S/C17H21NO/c1-3-8-17(19)18(2)16-12-7-11-15(13-16)14-9-5-4-6-10-14/h4-6,9-10,12-13H,3,7-8,11H2,1-2H3. The first kappa shape index (κ1) is 13.6. The fraction of sp³-hybridized carbons (Fsp3) is 0.353. The SMILES string of the molecule is CCCC(=O)N(C)C1=CCCC(c2ccccc2)=C1. The molecule has 0 saturated heterocycles. The van der Waals surface area contributed by atoms with Crippen molar-refractivity contribution in [2.75, 3.05) is 7.05 Å². The normalized spacial score (nSPS) is 14.6. The van der Waals surface area contributed by atoms with Crippen molar-refractivity contribution in [2.24, 2.45) is 0 Å². The van der Waals surface area contributed by atoms with Gasteiger partial charge >= 0.3 is 0 Å². The summed E-state index contributed by atoms with van der Waals surface area (Å²) in [6, 6.07) is 10.4. The molecular formula is C17H21NO. The van der Waals surface area contributed by atoms with Crippen LogP contribution in [-0.4, -0.2) is 17.9 Å². The van der Waals surface area contributed by atoms with E-state index in [2.05, 4.69) is 36.4 Å². The molecule has 19 heavy (non-hydrogen) atoms. The number of carbonyl (C=O) groups excluding carboxylic acids is 1. The highest BCUT2D eigenvalue weighted by Gasteiger charge is 2.14. The largest absolute Gasteiger partial charge is 0.316 e. The Kier molecular flexibility index (Phi) is 4.56. The van der Waals surface area contributed by atoms with Gasteiger partial charge in [-0.25, -0.2) is 0 Å². The second-order valence-corrected chi connectivity index (χ2v) is 4.91. The maximum atomic E-state index is 11.9. The number of hydrogen-bond donors (Lipinski definition) is 0. The highest BCUT2D eigenvalue weighted by atomic mass is 16.2. The Labute approximate surface area is 115 Å². The number of allylic oxidation sites excluding steroid dienone is 3. The first-order chi connectivity index (χ1) is 9.22. The average Bonchev–Trinajstić information content (AvgIpc) is 2.48. The van der Waals surface area contributed by atoms with Gasteiger partial charge in [-0.2, -0.15) is 0 Å². The zero-order valence-corrected chi connectivity index (χ0v) is 11.7. The molecule has 1 aliphatic rings. The summed E-state index contributed by atoms with van der Waals surface area (Å²) < 4.78 is 0. The molecule has 2 rings (SSSR count). The Morgan fingerprint density at radius 3 is 2.68 bits per heavy atom. The molecule has 1 amide bonds. The van der Waals surface area contributed by atoms with E-state index in [-0.39, 0.29) is 5.91 Å². The quantitative estimate of drug-likeness (QED) is 0.796. The molecule has 0 spiro atoms. The Bertz CT molecular complexity index is 499. The van der Waals surface area contributed by atoms with Crippen molar-refractivity contribution >= 4 is 11.5 Å². The van der Waals surface area contributed by atoms with Gasteiger partial charge in [-0.05, 0) is 36.5 Å². The van der Waals surface area contributed by atoms with E-state index in [0.29, 0.717) is 6.42 Å². The molecular weight excluding hydrogens is 234 g/mol. The molecule has 1 aromatic carbocycles. The van der Waals surface area contributed by atoms with Crippen molar-refractivity contribution in [3.05, 3.63) is 53.7 Å². The lowest BCUT2D eigenvalue weighted by atomic mass is 9.95. The average molecular weight is 255 g/mol. The van der Waals surface area contributed by atoms with Gasteiger partial charge in [0, 0.05) is 19.2 Å². The van der Waals surface area contributed by atoms with Gasteiger partial charge in [-0.15, -0.1) is 0 Å². The maximum absolute atomic E-state index is 11.9.